The second kappa shape index (κ2) is 2.56. The lowest BCUT2D eigenvalue weighted by Crippen LogP contribution is -1.93. The van der Waals surface area contributed by atoms with Crippen molar-refractivity contribution < 1.29 is 5.11 Å². The Balaban J connectivity index is 3.09. The maximum absolute atomic E-state index is 9.11. The molecule has 1 heterocycles. The van der Waals surface area contributed by atoms with Crippen molar-refractivity contribution in [2.75, 3.05) is 12.4 Å². The molecule has 3 heteroatoms. The number of rotatable bonds is 1. The summed E-state index contributed by atoms with van der Waals surface area (Å²) in [5, 5.41) is 11.9. The Labute approximate surface area is 59.7 Å². The number of aromatic nitrogens is 1. The summed E-state index contributed by atoms with van der Waals surface area (Å²) in [6.07, 6.45) is 0. The van der Waals surface area contributed by atoms with Gasteiger partial charge < -0.3 is 10.4 Å². The molecule has 0 radical (unpaired) electrons. The first-order valence-electron chi connectivity index (χ1n) is 3.08. The number of anilines is 1. The van der Waals surface area contributed by atoms with Crippen LogP contribution in [-0.4, -0.2) is 17.1 Å². The van der Waals surface area contributed by atoms with E-state index in [1.807, 2.05) is 6.92 Å². The molecule has 0 amide bonds. The normalized spacial score (nSPS) is 9.40. The highest BCUT2D eigenvalue weighted by atomic mass is 16.3. The molecule has 1 rings (SSSR count). The smallest absolute Gasteiger partial charge is 0.168 e. The topological polar surface area (TPSA) is 45.2 Å². The van der Waals surface area contributed by atoms with E-state index in [4.69, 9.17) is 5.11 Å². The number of nitrogens with one attached hydrogen (secondary N) is 1. The van der Waals surface area contributed by atoms with Crippen molar-refractivity contribution in [1.29, 1.82) is 0 Å². The lowest BCUT2D eigenvalue weighted by atomic mass is 10.3. The monoisotopic (exact) mass is 138 g/mol. The molecular formula is C7H10N2O. The van der Waals surface area contributed by atoms with E-state index in [-0.39, 0.29) is 5.75 Å². The minimum Gasteiger partial charge on any atom is -0.504 e. The number of aromatic hydroxyl groups is 1. The summed E-state index contributed by atoms with van der Waals surface area (Å²) in [7, 11) is 1.72. The Hall–Kier alpha value is -1.25. The highest BCUT2D eigenvalue weighted by molar-refractivity contribution is 5.48. The highest BCUT2D eigenvalue weighted by Gasteiger charge is 1.97. The summed E-state index contributed by atoms with van der Waals surface area (Å²) in [6, 6.07) is 3.38. The van der Waals surface area contributed by atoms with Crippen molar-refractivity contribution >= 4 is 5.82 Å². The molecule has 0 aliphatic rings. The third-order valence-electron chi connectivity index (χ3n) is 1.25. The van der Waals surface area contributed by atoms with Crippen LogP contribution < -0.4 is 5.32 Å². The molecule has 0 fully saturated rings. The minimum absolute atomic E-state index is 0.188. The Morgan fingerprint density at radius 2 is 2.20 bits per heavy atom. The van der Waals surface area contributed by atoms with Crippen LogP contribution in [0.5, 0.6) is 5.75 Å². The van der Waals surface area contributed by atoms with Crippen LogP contribution in [0.3, 0.4) is 0 Å². The molecule has 1 aromatic rings. The largest absolute Gasteiger partial charge is 0.504 e. The van der Waals surface area contributed by atoms with E-state index < -0.39 is 0 Å². The summed E-state index contributed by atoms with van der Waals surface area (Å²) < 4.78 is 0. The van der Waals surface area contributed by atoms with Gasteiger partial charge in [0.25, 0.3) is 0 Å². The van der Waals surface area contributed by atoms with Gasteiger partial charge >= 0.3 is 0 Å². The summed E-state index contributed by atoms with van der Waals surface area (Å²) in [4.78, 5) is 4.03. The van der Waals surface area contributed by atoms with Crippen molar-refractivity contribution in [3.8, 4) is 5.75 Å². The number of hydrogen-bond donors (Lipinski definition) is 2. The van der Waals surface area contributed by atoms with Crippen LogP contribution in [0.25, 0.3) is 0 Å². The Morgan fingerprint density at radius 3 is 2.70 bits per heavy atom. The van der Waals surface area contributed by atoms with Gasteiger partial charge in [0.2, 0.25) is 0 Å². The third kappa shape index (κ3) is 1.18. The maximum atomic E-state index is 9.11. The van der Waals surface area contributed by atoms with E-state index in [0.717, 1.165) is 5.69 Å². The van der Waals surface area contributed by atoms with E-state index in [2.05, 4.69) is 10.3 Å². The van der Waals surface area contributed by atoms with Gasteiger partial charge in [-0.1, -0.05) is 0 Å². The molecule has 3 nitrogen and oxygen atoms in total. The van der Waals surface area contributed by atoms with Crippen molar-refractivity contribution in [2.45, 2.75) is 6.92 Å². The Kier molecular flexibility index (Phi) is 1.76. The van der Waals surface area contributed by atoms with Gasteiger partial charge in [0.05, 0.1) is 0 Å². The molecule has 0 aliphatic heterocycles. The fourth-order valence-corrected chi connectivity index (χ4v) is 0.733. The Bertz CT molecular complexity index is 235. The average Bonchev–Trinajstić information content (AvgIpc) is 1.94. The Morgan fingerprint density at radius 1 is 1.50 bits per heavy atom. The molecule has 0 bridgehead atoms. The predicted molar refractivity (Wildman–Crippen MR) is 40.2 cm³/mol. The van der Waals surface area contributed by atoms with Crippen LogP contribution in [0.15, 0.2) is 12.1 Å². The lowest BCUT2D eigenvalue weighted by Gasteiger charge is -2.01. The molecule has 0 spiro atoms. The molecular weight excluding hydrogens is 128 g/mol. The average molecular weight is 138 g/mol. The zero-order chi connectivity index (χ0) is 7.56. The van der Waals surface area contributed by atoms with Crippen LogP contribution >= 0.6 is 0 Å². The highest BCUT2D eigenvalue weighted by Crippen LogP contribution is 2.18. The van der Waals surface area contributed by atoms with Gasteiger partial charge in [-0.2, -0.15) is 0 Å². The van der Waals surface area contributed by atoms with E-state index in [9.17, 15) is 0 Å². The standard InChI is InChI=1S/C7H10N2O/c1-5-3-4-6(10)7(8-2)9-5/h3-4,10H,1-2H3,(H,8,9). The molecule has 10 heavy (non-hydrogen) atoms. The van der Waals surface area contributed by atoms with Gasteiger partial charge in [-0.05, 0) is 19.1 Å². The molecule has 0 unspecified atom stereocenters. The first-order chi connectivity index (χ1) is 4.74. The van der Waals surface area contributed by atoms with Gasteiger partial charge in [-0.15, -0.1) is 0 Å². The minimum atomic E-state index is 0.188. The van der Waals surface area contributed by atoms with Crippen LogP contribution in [0.2, 0.25) is 0 Å². The second-order valence-electron chi connectivity index (χ2n) is 2.07. The van der Waals surface area contributed by atoms with Crippen molar-refractivity contribution in [2.24, 2.45) is 0 Å². The van der Waals surface area contributed by atoms with E-state index >= 15 is 0 Å². The van der Waals surface area contributed by atoms with E-state index in [1.54, 1.807) is 19.2 Å². The van der Waals surface area contributed by atoms with Crippen molar-refractivity contribution in [3.05, 3.63) is 17.8 Å². The van der Waals surface area contributed by atoms with Gasteiger partial charge in [-0.3, -0.25) is 0 Å². The summed E-state index contributed by atoms with van der Waals surface area (Å²) in [5.74, 6) is 0.716. The van der Waals surface area contributed by atoms with Crippen molar-refractivity contribution in [1.82, 2.24) is 4.98 Å². The van der Waals surface area contributed by atoms with Gasteiger partial charge in [0, 0.05) is 12.7 Å². The molecule has 0 saturated heterocycles. The number of aryl methyl sites for hydroxylation is 1. The molecule has 1 aromatic heterocycles. The summed E-state index contributed by atoms with van der Waals surface area (Å²) >= 11 is 0. The van der Waals surface area contributed by atoms with E-state index in [0.29, 0.717) is 5.82 Å². The van der Waals surface area contributed by atoms with Crippen LogP contribution in [0, 0.1) is 6.92 Å². The van der Waals surface area contributed by atoms with Crippen LogP contribution in [-0.2, 0) is 0 Å². The molecule has 0 aromatic carbocycles. The van der Waals surface area contributed by atoms with Crippen molar-refractivity contribution in [3.63, 3.8) is 0 Å². The fourth-order valence-electron chi connectivity index (χ4n) is 0.733. The number of hydrogen-bond acceptors (Lipinski definition) is 3. The fraction of sp³-hybridized carbons (Fsp3) is 0.286. The molecule has 2 N–H and O–H groups in total. The van der Waals surface area contributed by atoms with Crippen LogP contribution in [0.4, 0.5) is 5.82 Å². The molecule has 0 atom stereocenters. The van der Waals surface area contributed by atoms with Crippen LogP contribution in [0.1, 0.15) is 5.69 Å². The zero-order valence-corrected chi connectivity index (χ0v) is 6.05. The van der Waals surface area contributed by atoms with Gasteiger partial charge in [-0.25, -0.2) is 4.98 Å². The molecule has 54 valence electrons. The first kappa shape index (κ1) is 6.86. The third-order valence-corrected chi connectivity index (χ3v) is 1.25. The quantitative estimate of drug-likeness (QED) is 0.611. The molecule has 0 saturated carbocycles. The summed E-state index contributed by atoms with van der Waals surface area (Å²) in [6.45, 7) is 1.88. The number of pyridine rings is 1. The predicted octanol–water partition coefficient (Wildman–Crippen LogP) is 1.14. The maximum Gasteiger partial charge on any atom is 0.168 e. The SMILES string of the molecule is CNc1nc(C)ccc1O. The first-order valence-corrected chi connectivity index (χ1v) is 3.08. The lowest BCUT2D eigenvalue weighted by molar-refractivity contribution is 0.475. The summed E-state index contributed by atoms with van der Waals surface area (Å²) in [5.41, 5.74) is 0.891. The van der Waals surface area contributed by atoms with Gasteiger partial charge in [0.15, 0.2) is 11.6 Å². The zero-order valence-electron chi connectivity index (χ0n) is 6.05. The molecule has 0 aliphatic carbocycles. The van der Waals surface area contributed by atoms with E-state index in [1.165, 1.54) is 0 Å². The number of nitrogens with zero attached hydrogens (tertiary/aromatic N) is 1. The van der Waals surface area contributed by atoms with Gasteiger partial charge in [0.1, 0.15) is 0 Å². The second-order valence-corrected chi connectivity index (χ2v) is 2.07.